The number of nitrogens with zero attached hydrogens (tertiary/aromatic N) is 1. The van der Waals surface area contributed by atoms with E-state index in [0.717, 1.165) is 16.7 Å². The lowest BCUT2D eigenvalue weighted by atomic mass is 10.1. The first-order valence-electron chi connectivity index (χ1n) is 10.4. The third-order valence-electron chi connectivity index (χ3n) is 4.58. The van der Waals surface area contributed by atoms with E-state index in [1.807, 2.05) is 31.2 Å². The molecular formula is C24H27N2O5P. The van der Waals surface area contributed by atoms with Gasteiger partial charge in [-0.3, -0.25) is 9.36 Å². The number of amides is 1. The lowest BCUT2D eigenvalue weighted by Gasteiger charge is -2.17. The van der Waals surface area contributed by atoms with Crippen molar-refractivity contribution in [2.75, 3.05) is 18.5 Å². The maximum absolute atomic E-state index is 12.7. The summed E-state index contributed by atoms with van der Waals surface area (Å²) >= 11 is 0. The molecule has 0 atom stereocenters. The lowest BCUT2D eigenvalue weighted by Crippen LogP contribution is -2.07. The fraction of sp³-hybridized carbons (Fsp3) is 0.250. The second-order valence-electron chi connectivity index (χ2n) is 7.10. The van der Waals surface area contributed by atoms with Crippen LogP contribution in [0.3, 0.4) is 0 Å². The van der Waals surface area contributed by atoms with Gasteiger partial charge in [-0.1, -0.05) is 47.1 Å². The van der Waals surface area contributed by atoms with Crippen LogP contribution in [0.4, 0.5) is 5.69 Å². The molecule has 1 N–H and O–H groups in total. The van der Waals surface area contributed by atoms with Gasteiger partial charge in [-0.05, 0) is 44.5 Å². The number of rotatable bonds is 10. The average Bonchev–Trinajstić information content (AvgIpc) is 3.23. The largest absolute Gasteiger partial charge is 0.356 e. The fourth-order valence-electron chi connectivity index (χ4n) is 3.08. The quantitative estimate of drug-likeness (QED) is 0.295. The van der Waals surface area contributed by atoms with Gasteiger partial charge in [0.05, 0.1) is 25.6 Å². The van der Waals surface area contributed by atoms with Crippen molar-refractivity contribution in [1.29, 1.82) is 0 Å². The van der Waals surface area contributed by atoms with Crippen LogP contribution in [0.2, 0.25) is 0 Å². The predicted molar refractivity (Wildman–Crippen MR) is 125 cm³/mol. The third kappa shape index (κ3) is 6.50. The molecule has 0 aliphatic carbocycles. The Morgan fingerprint density at radius 1 is 1.06 bits per heavy atom. The molecule has 168 valence electrons. The number of nitrogens with one attached hydrogen (secondary N) is 1. The summed E-state index contributed by atoms with van der Waals surface area (Å²) < 4.78 is 28.7. The highest BCUT2D eigenvalue weighted by Gasteiger charge is 2.23. The Bertz CT molecular complexity index is 1090. The summed E-state index contributed by atoms with van der Waals surface area (Å²) in [6.07, 6.45) is 4.84. The predicted octanol–water partition coefficient (Wildman–Crippen LogP) is 6.07. The highest BCUT2D eigenvalue weighted by Crippen LogP contribution is 2.51. The van der Waals surface area contributed by atoms with E-state index in [1.165, 1.54) is 6.08 Å². The number of carbonyl (C=O) groups excluding carboxylic acids is 1. The summed E-state index contributed by atoms with van der Waals surface area (Å²) in [6.45, 7) is 6.20. The molecule has 0 aliphatic heterocycles. The van der Waals surface area contributed by atoms with Crippen LogP contribution < -0.4 is 5.32 Å². The molecular weight excluding hydrogens is 427 g/mol. The van der Waals surface area contributed by atoms with Gasteiger partial charge in [0.2, 0.25) is 5.91 Å². The van der Waals surface area contributed by atoms with Crippen molar-refractivity contribution in [3.8, 4) is 11.3 Å². The smallest absolute Gasteiger partial charge is 0.335 e. The molecule has 0 bridgehead atoms. The second kappa shape index (κ2) is 11.0. The molecule has 1 heterocycles. The highest BCUT2D eigenvalue weighted by molar-refractivity contribution is 7.53. The van der Waals surface area contributed by atoms with Gasteiger partial charge in [0.1, 0.15) is 0 Å². The Morgan fingerprint density at radius 3 is 2.34 bits per heavy atom. The maximum Gasteiger partial charge on any atom is 0.335 e. The zero-order chi connectivity index (χ0) is 23.0. The van der Waals surface area contributed by atoms with Crippen LogP contribution in [0.15, 0.2) is 65.3 Å². The number of anilines is 1. The minimum atomic E-state index is -3.17. The van der Waals surface area contributed by atoms with Crippen LogP contribution in [-0.4, -0.2) is 24.3 Å². The van der Waals surface area contributed by atoms with E-state index in [0.29, 0.717) is 30.2 Å². The van der Waals surface area contributed by atoms with Crippen molar-refractivity contribution in [2.45, 2.75) is 26.9 Å². The van der Waals surface area contributed by atoms with E-state index in [1.54, 1.807) is 50.4 Å². The summed E-state index contributed by atoms with van der Waals surface area (Å²) in [7, 11) is -3.17. The standard InChI is InChI=1S/C24H27N2O5P/c1-4-29-32(28,30-5-2)17-19-8-13-22(14-9-19)26-23(27)15-12-21-16-25-31-24(21)20-10-6-18(3)7-11-20/h6-16H,4-5,17H2,1-3H3,(H,26,27)/b15-12+. The van der Waals surface area contributed by atoms with Crippen LogP contribution >= 0.6 is 7.60 Å². The van der Waals surface area contributed by atoms with Crippen LogP contribution in [0.5, 0.6) is 0 Å². The number of aromatic nitrogens is 1. The molecule has 0 aliphatic rings. The van der Waals surface area contributed by atoms with Gasteiger partial charge in [0.15, 0.2) is 5.76 Å². The van der Waals surface area contributed by atoms with E-state index < -0.39 is 7.60 Å². The molecule has 0 unspecified atom stereocenters. The maximum atomic E-state index is 12.7. The summed E-state index contributed by atoms with van der Waals surface area (Å²) in [5.41, 5.74) is 4.17. The SMILES string of the molecule is CCOP(=O)(Cc1ccc(NC(=O)/C=C/c2cnoc2-c2ccc(C)cc2)cc1)OCC. The summed E-state index contributed by atoms with van der Waals surface area (Å²) in [5.74, 6) is 0.314. The number of hydrogen-bond acceptors (Lipinski definition) is 6. The van der Waals surface area contributed by atoms with Crippen LogP contribution in [0.25, 0.3) is 17.4 Å². The molecule has 3 rings (SSSR count). The average molecular weight is 454 g/mol. The van der Waals surface area contributed by atoms with Crippen molar-refractivity contribution in [3.63, 3.8) is 0 Å². The lowest BCUT2D eigenvalue weighted by molar-refractivity contribution is -0.111. The Hall–Kier alpha value is -2.99. The van der Waals surface area contributed by atoms with Crippen molar-refractivity contribution >= 4 is 25.3 Å². The monoisotopic (exact) mass is 454 g/mol. The van der Waals surface area contributed by atoms with E-state index >= 15 is 0 Å². The van der Waals surface area contributed by atoms with E-state index in [9.17, 15) is 9.36 Å². The molecule has 0 spiro atoms. The number of hydrogen-bond donors (Lipinski definition) is 1. The number of benzene rings is 2. The summed E-state index contributed by atoms with van der Waals surface area (Å²) in [4.78, 5) is 12.4. The molecule has 0 radical (unpaired) electrons. The summed E-state index contributed by atoms with van der Waals surface area (Å²) in [6, 6.07) is 15.0. The first kappa shape index (κ1) is 23.7. The summed E-state index contributed by atoms with van der Waals surface area (Å²) in [5, 5.41) is 6.65. The van der Waals surface area contributed by atoms with Crippen molar-refractivity contribution in [3.05, 3.63) is 77.5 Å². The third-order valence-corrected chi connectivity index (χ3v) is 6.63. The molecule has 7 nitrogen and oxygen atoms in total. The van der Waals surface area contributed by atoms with Crippen LogP contribution in [-0.2, 0) is 24.6 Å². The first-order chi connectivity index (χ1) is 15.4. The van der Waals surface area contributed by atoms with Gasteiger partial charge in [0.25, 0.3) is 0 Å². The number of carbonyl (C=O) groups is 1. The van der Waals surface area contributed by atoms with Gasteiger partial charge in [-0.25, -0.2) is 0 Å². The van der Waals surface area contributed by atoms with E-state index in [2.05, 4.69) is 10.5 Å². The Kier molecular flexibility index (Phi) is 8.17. The molecule has 2 aromatic carbocycles. The van der Waals surface area contributed by atoms with Crippen LogP contribution in [0.1, 0.15) is 30.5 Å². The molecule has 0 saturated carbocycles. The Balaban J connectivity index is 1.62. The second-order valence-corrected chi connectivity index (χ2v) is 9.15. The zero-order valence-electron chi connectivity index (χ0n) is 18.4. The molecule has 1 amide bonds. The fourth-order valence-corrected chi connectivity index (χ4v) is 4.78. The minimum absolute atomic E-state index is 0.179. The highest BCUT2D eigenvalue weighted by atomic mass is 31.2. The topological polar surface area (TPSA) is 90.7 Å². The molecule has 1 aromatic heterocycles. The van der Waals surface area contributed by atoms with Gasteiger partial charge < -0.3 is 18.9 Å². The van der Waals surface area contributed by atoms with Crippen molar-refractivity contribution in [2.24, 2.45) is 0 Å². The molecule has 0 fully saturated rings. The molecule has 0 saturated heterocycles. The van der Waals surface area contributed by atoms with Gasteiger partial charge in [-0.15, -0.1) is 0 Å². The molecule has 32 heavy (non-hydrogen) atoms. The normalized spacial score (nSPS) is 11.7. The van der Waals surface area contributed by atoms with E-state index in [-0.39, 0.29) is 12.1 Å². The van der Waals surface area contributed by atoms with Crippen LogP contribution in [0, 0.1) is 6.92 Å². The Morgan fingerprint density at radius 2 is 1.72 bits per heavy atom. The van der Waals surface area contributed by atoms with Gasteiger partial charge in [-0.2, -0.15) is 0 Å². The van der Waals surface area contributed by atoms with E-state index in [4.69, 9.17) is 13.6 Å². The minimum Gasteiger partial charge on any atom is -0.356 e. The van der Waals surface area contributed by atoms with Gasteiger partial charge >= 0.3 is 7.60 Å². The number of aryl methyl sites for hydroxylation is 1. The molecule has 3 aromatic rings. The first-order valence-corrected chi connectivity index (χ1v) is 12.1. The Labute approximate surface area is 188 Å². The molecule has 8 heteroatoms. The van der Waals surface area contributed by atoms with Gasteiger partial charge in [0, 0.05) is 22.9 Å². The van der Waals surface area contributed by atoms with Crippen molar-refractivity contribution < 1.29 is 22.9 Å². The zero-order valence-corrected chi connectivity index (χ0v) is 19.3. The van der Waals surface area contributed by atoms with Crippen molar-refractivity contribution in [1.82, 2.24) is 5.16 Å².